The molecule has 0 saturated carbocycles. The van der Waals surface area contributed by atoms with Gasteiger partial charge in [0.05, 0.1) is 6.10 Å². The van der Waals surface area contributed by atoms with Gasteiger partial charge in [0.15, 0.2) is 6.29 Å². The van der Waals surface area contributed by atoms with Crippen molar-refractivity contribution in [1.29, 1.82) is 0 Å². The molecule has 5 heteroatoms. The van der Waals surface area contributed by atoms with Crippen LogP contribution in [0.25, 0.3) is 0 Å². The maximum Gasteiger partial charge on any atom is 0.184 e. The van der Waals surface area contributed by atoms with Crippen molar-refractivity contribution in [3.63, 3.8) is 0 Å². The Morgan fingerprint density at radius 1 is 1.18 bits per heavy atom. The highest BCUT2D eigenvalue weighted by molar-refractivity contribution is 4.88. The first-order valence-electron chi connectivity index (χ1n) is 3.41. The van der Waals surface area contributed by atoms with E-state index < -0.39 is 30.7 Å². The highest BCUT2D eigenvalue weighted by atomic mass is 16.6. The van der Waals surface area contributed by atoms with E-state index in [9.17, 15) is 0 Å². The molecule has 4 N–H and O–H groups in total. The van der Waals surface area contributed by atoms with E-state index >= 15 is 0 Å². The Morgan fingerprint density at radius 3 is 1.91 bits per heavy atom. The molecule has 0 aromatic carbocycles. The van der Waals surface area contributed by atoms with Gasteiger partial charge < -0.3 is 25.2 Å². The Kier molecular flexibility index (Phi) is 2.46. The van der Waals surface area contributed by atoms with E-state index in [-0.39, 0.29) is 0 Å². The second-order valence-electron chi connectivity index (χ2n) is 2.71. The quantitative estimate of drug-likeness (QED) is 0.353. The lowest BCUT2D eigenvalue weighted by Gasteiger charge is -2.16. The molecule has 11 heavy (non-hydrogen) atoms. The second-order valence-corrected chi connectivity index (χ2v) is 2.71. The topological polar surface area (TPSA) is 90.2 Å². The Bertz CT molecular complexity index is 137. The predicted octanol–water partition coefficient (Wildman–Crippen LogP) is -2.19. The third kappa shape index (κ3) is 1.52. The van der Waals surface area contributed by atoms with Crippen molar-refractivity contribution in [3.05, 3.63) is 0 Å². The fraction of sp³-hybridized carbons (Fsp3) is 1.00. The van der Waals surface area contributed by atoms with E-state index in [1.165, 1.54) is 6.92 Å². The average molecular weight is 164 g/mol. The molecule has 0 spiro atoms. The maximum absolute atomic E-state index is 9.10. The van der Waals surface area contributed by atoms with Crippen LogP contribution >= 0.6 is 0 Å². The molecule has 0 unspecified atom stereocenters. The van der Waals surface area contributed by atoms with Crippen molar-refractivity contribution in [2.45, 2.75) is 37.6 Å². The van der Waals surface area contributed by atoms with Crippen LogP contribution in [0.4, 0.5) is 0 Å². The van der Waals surface area contributed by atoms with Gasteiger partial charge in [-0.15, -0.1) is 0 Å². The number of hydrogen-bond donors (Lipinski definition) is 4. The van der Waals surface area contributed by atoms with E-state index in [0.717, 1.165) is 0 Å². The van der Waals surface area contributed by atoms with E-state index in [2.05, 4.69) is 4.74 Å². The summed E-state index contributed by atoms with van der Waals surface area (Å²) < 4.78 is 4.65. The molecule has 1 heterocycles. The van der Waals surface area contributed by atoms with Gasteiger partial charge in [-0.2, -0.15) is 0 Å². The average Bonchev–Trinajstić information content (AvgIpc) is 2.17. The number of aliphatic hydroxyl groups is 4. The molecule has 1 rings (SSSR count). The monoisotopic (exact) mass is 164 g/mol. The standard InChI is InChI=1S/C6H12O5/c1-2(7)5-3(8)4(9)6(10)11-5/h2-10H,1H3/t2-,3+,4-,5-,6-/m1/s1. The van der Waals surface area contributed by atoms with Crippen LogP contribution in [0.2, 0.25) is 0 Å². The van der Waals surface area contributed by atoms with Crippen molar-refractivity contribution in [2.24, 2.45) is 0 Å². The molecule has 0 aliphatic carbocycles. The molecule has 0 amide bonds. The van der Waals surface area contributed by atoms with E-state index in [0.29, 0.717) is 0 Å². The molecule has 1 aliphatic heterocycles. The Morgan fingerprint density at radius 2 is 1.73 bits per heavy atom. The number of hydrogen-bond acceptors (Lipinski definition) is 5. The molecule has 1 aliphatic rings. The molecule has 0 aromatic heterocycles. The van der Waals surface area contributed by atoms with Crippen LogP contribution < -0.4 is 0 Å². The maximum atomic E-state index is 9.10. The summed E-state index contributed by atoms with van der Waals surface area (Å²) in [6.07, 6.45) is -5.75. The molecule has 0 radical (unpaired) electrons. The third-order valence-electron chi connectivity index (χ3n) is 1.75. The van der Waals surface area contributed by atoms with Gasteiger partial charge in [-0.1, -0.05) is 0 Å². The molecular weight excluding hydrogens is 152 g/mol. The smallest absolute Gasteiger partial charge is 0.184 e. The summed E-state index contributed by atoms with van der Waals surface area (Å²) in [6, 6.07) is 0. The molecule has 0 aromatic rings. The van der Waals surface area contributed by atoms with Crippen molar-refractivity contribution >= 4 is 0 Å². The fourth-order valence-corrected chi connectivity index (χ4v) is 1.08. The van der Waals surface area contributed by atoms with Crippen molar-refractivity contribution < 1.29 is 25.2 Å². The van der Waals surface area contributed by atoms with Crippen LogP contribution in [0.3, 0.4) is 0 Å². The molecule has 1 fully saturated rings. The lowest BCUT2D eigenvalue weighted by molar-refractivity contribution is -0.143. The molecule has 5 atom stereocenters. The first-order chi connectivity index (χ1) is 5.04. The summed E-state index contributed by atoms with van der Waals surface area (Å²) in [5.41, 5.74) is 0. The fourth-order valence-electron chi connectivity index (χ4n) is 1.08. The van der Waals surface area contributed by atoms with Crippen LogP contribution in [-0.4, -0.2) is 51.1 Å². The first kappa shape index (κ1) is 8.89. The molecular formula is C6H12O5. The predicted molar refractivity (Wildman–Crippen MR) is 34.6 cm³/mol. The van der Waals surface area contributed by atoms with Gasteiger partial charge in [-0.05, 0) is 6.92 Å². The Labute approximate surface area is 63.8 Å². The van der Waals surface area contributed by atoms with Crippen LogP contribution in [0.5, 0.6) is 0 Å². The van der Waals surface area contributed by atoms with E-state index in [1.54, 1.807) is 0 Å². The summed E-state index contributed by atoms with van der Waals surface area (Å²) in [5, 5.41) is 35.8. The normalized spacial score (nSPS) is 47.7. The highest BCUT2D eigenvalue weighted by Gasteiger charge is 2.43. The van der Waals surface area contributed by atoms with E-state index in [1.807, 2.05) is 0 Å². The lowest BCUT2D eigenvalue weighted by atomic mass is 10.1. The lowest BCUT2D eigenvalue weighted by Crippen LogP contribution is -2.37. The minimum atomic E-state index is -1.40. The largest absolute Gasteiger partial charge is 0.391 e. The second kappa shape index (κ2) is 3.04. The van der Waals surface area contributed by atoms with Gasteiger partial charge in [0, 0.05) is 0 Å². The summed E-state index contributed by atoms with van der Waals surface area (Å²) in [4.78, 5) is 0. The summed E-state index contributed by atoms with van der Waals surface area (Å²) in [6.45, 7) is 1.42. The molecule has 5 nitrogen and oxygen atoms in total. The summed E-state index contributed by atoms with van der Waals surface area (Å²) in [5.74, 6) is 0. The van der Waals surface area contributed by atoms with Crippen LogP contribution in [0, 0.1) is 0 Å². The third-order valence-corrected chi connectivity index (χ3v) is 1.75. The zero-order chi connectivity index (χ0) is 8.59. The molecule has 0 bridgehead atoms. The van der Waals surface area contributed by atoms with Crippen LogP contribution in [0.15, 0.2) is 0 Å². The zero-order valence-electron chi connectivity index (χ0n) is 6.08. The minimum Gasteiger partial charge on any atom is -0.391 e. The van der Waals surface area contributed by atoms with Crippen LogP contribution in [0.1, 0.15) is 6.92 Å². The summed E-state index contributed by atoms with van der Waals surface area (Å²) in [7, 11) is 0. The minimum absolute atomic E-state index is 0.903. The van der Waals surface area contributed by atoms with E-state index in [4.69, 9.17) is 20.4 Å². The van der Waals surface area contributed by atoms with Crippen molar-refractivity contribution in [1.82, 2.24) is 0 Å². The Balaban J connectivity index is 2.59. The van der Waals surface area contributed by atoms with Gasteiger partial charge in [0.2, 0.25) is 0 Å². The molecule has 1 saturated heterocycles. The first-order valence-corrected chi connectivity index (χ1v) is 3.41. The Hall–Kier alpha value is -0.200. The number of rotatable bonds is 1. The molecule has 66 valence electrons. The number of ether oxygens (including phenoxy) is 1. The van der Waals surface area contributed by atoms with Crippen molar-refractivity contribution in [2.75, 3.05) is 0 Å². The summed E-state index contributed by atoms with van der Waals surface area (Å²) >= 11 is 0. The van der Waals surface area contributed by atoms with Crippen LogP contribution in [-0.2, 0) is 4.74 Å². The van der Waals surface area contributed by atoms with Gasteiger partial charge in [0.1, 0.15) is 18.3 Å². The van der Waals surface area contributed by atoms with Gasteiger partial charge >= 0.3 is 0 Å². The van der Waals surface area contributed by atoms with Gasteiger partial charge in [-0.3, -0.25) is 0 Å². The zero-order valence-corrected chi connectivity index (χ0v) is 6.08. The number of aliphatic hydroxyl groups excluding tert-OH is 4. The van der Waals surface area contributed by atoms with Crippen molar-refractivity contribution in [3.8, 4) is 0 Å². The SMILES string of the molecule is C[C@@H](O)[C@H]1O[C@@H](O)[C@H](O)[C@@H]1O. The highest BCUT2D eigenvalue weighted by Crippen LogP contribution is 2.21. The van der Waals surface area contributed by atoms with Gasteiger partial charge in [-0.25, -0.2) is 0 Å². The van der Waals surface area contributed by atoms with Gasteiger partial charge in [0.25, 0.3) is 0 Å².